The van der Waals surface area contributed by atoms with E-state index < -0.39 is 5.97 Å². The van der Waals surface area contributed by atoms with Crippen molar-refractivity contribution in [2.24, 2.45) is 0 Å². The Morgan fingerprint density at radius 2 is 1.89 bits per heavy atom. The van der Waals surface area contributed by atoms with Crippen molar-refractivity contribution >= 4 is 5.97 Å². The standard InChI is InChI=1S/C14H11N3O2/c18-14(19)12-6-8-17(16-9-7-15-10-16)13(12)11-4-2-1-3-5-11/h1-10H,(H,18,19). The molecule has 1 aromatic carbocycles. The van der Waals surface area contributed by atoms with Gasteiger partial charge >= 0.3 is 5.97 Å². The van der Waals surface area contributed by atoms with E-state index in [1.165, 1.54) is 0 Å². The second-order valence-electron chi connectivity index (χ2n) is 4.04. The monoisotopic (exact) mass is 253 g/mol. The van der Waals surface area contributed by atoms with Gasteiger partial charge in [0.05, 0.1) is 11.3 Å². The third kappa shape index (κ3) is 1.91. The first-order valence-electron chi connectivity index (χ1n) is 5.76. The maximum atomic E-state index is 11.3. The van der Waals surface area contributed by atoms with Crippen LogP contribution in [0.1, 0.15) is 10.4 Å². The molecular weight excluding hydrogens is 242 g/mol. The van der Waals surface area contributed by atoms with Crippen molar-refractivity contribution in [1.29, 1.82) is 0 Å². The highest BCUT2D eigenvalue weighted by Gasteiger charge is 2.17. The number of rotatable bonds is 3. The van der Waals surface area contributed by atoms with Gasteiger partial charge in [0.2, 0.25) is 0 Å². The fourth-order valence-electron chi connectivity index (χ4n) is 2.05. The average molecular weight is 253 g/mol. The lowest BCUT2D eigenvalue weighted by Crippen LogP contribution is -2.09. The smallest absolute Gasteiger partial charge is 0.337 e. The number of hydrogen-bond acceptors (Lipinski definition) is 2. The molecule has 0 aliphatic carbocycles. The number of aromatic carboxylic acids is 1. The lowest BCUT2D eigenvalue weighted by molar-refractivity contribution is 0.0697. The van der Waals surface area contributed by atoms with Gasteiger partial charge in [-0.05, 0) is 6.07 Å². The second-order valence-corrected chi connectivity index (χ2v) is 4.04. The quantitative estimate of drug-likeness (QED) is 0.779. The summed E-state index contributed by atoms with van der Waals surface area (Å²) in [6.45, 7) is 0. The zero-order valence-corrected chi connectivity index (χ0v) is 9.97. The van der Waals surface area contributed by atoms with Crippen molar-refractivity contribution < 1.29 is 9.90 Å². The van der Waals surface area contributed by atoms with Crippen LogP contribution in [0.2, 0.25) is 0 Å². The number of carboxylic acids is 1. The van der Waals surface area contributed by atoms with Crippen molar-refractivity contribution in [1.82, 2.24) is 14.3 Å². The van der Waals surface area contributed by atoms with Gasteiger partial charge in [0.15, 0.2) is 0 Å². The third-order valence-electron chi connectivity index (χ3n) is 2.88. The van der Waals surface area contributed by atoms with Crippen LogP contribution in [-0.2, 0) is 0 Å². The van der Waals surface area contributed by atoms with E-state index in [1.807, 2.05) is 30.3 Å². The molecule has 5 nitrogen and oxygen atoms in total. The lowest BCUT2D eigenvalue weighted by Gasteiger charge is -2.10. The van der Waals surface area contributed by atoms with E-state index in [4.69, 9.17) is 0 Å². The summed E-state index contributed by atoms with van der Waals surface area (Å²) in [5.74, 6) is -0.947. The Morgan fingerprint density at radius 1 is 1.11 bits per heavy atom. The first-order chi connectivity index (χ1) is 9.27. The molecule has 3 rings (SSSR count). The predicted molar refractivity (Wildman–Crippen MR) is 69.9 cm³/mol. The molecule has 0 radical (unpaired) electrons. The molecule has 0 spiro atoms. The number of nitrogens with zero attached hydrogens (tertiary/aromatic N) is 3. The van der Waals surface area contributed by atoms with Gasteiger partial charge in [0, 0.05) is 24.2 Å². The molecule has 0 aliphatic heterocycles. The van der Waals surface area contributed by atoms with Crippen molar-refractivity contribution in [3.8, 4) is 11.3 Å². The largest absolute Gasteiger partial charge is 0.478 e. The van der Waals surface area contributed by atoms with Gasteiger partial charge in [0.1, 0.15) is 6.33 Å². The van der Waals surface area contributed by atoms with E-state index in [0.29, 0.717) is 5.69 Å². The van der Waals surface area contributed by atoms with E-state index in [-0.39, 0.29) is 5.56 Å². The Hall–Kier alpha value is -2.82. The molecule has 19 heavy (non-hydrogen) atoms. The predicted octanol–water partition coefficient (Wildman–Crippen LogP) is 2.36. The molecule has 3 aromatic rings. The minimum absolute atomic E-state index is 0.264. The van der Waals surface area contributed by atoms with Gasteiger partial charge < -0.3 is 5.11 Å². The van der Waals surface area contributed by atoms with Crippen LogP contribution in [0.5, 0.6) is 0 Å². The van der Waals surface area contributed by atoms with E-state index in [1.54, 1.807) is 40.3 Å². The van der Waals surface area contributed by atoms with Crippen LogP contribution in [0.3, 0.4) is 0 Å². The average Bonchev–Trinajstić information content (AvgIpc) is 3.08. The molecule has 5 heteroatoms. The van der Waals surface area contributed by atoms with Gasteiger partial charge in [0.25, 0.3) is 0 Å². The molecule has 0 unspecified atom stereocenters. The van der Waals surface area contributed by atoms with E-state index in [2.05, 4.69) is 4.98 Å². The molecular formula is C14H11N3O2. The zero-order chi connectivity index (χ0) is 13.2. The highest BCUT2D eigenvalue weighted by atomic mass is 16.4. The van der Waals surface area contributed by atoms with Crippen LogP contribution in [0.25, 0.3) is 11.3 Å². The number of carboxylic acid groups (broad SMARTS) is 1. The molecule has 2 aromatic heterocycles. The highest BCUT2D eigenvalue weighted by Crippen LogP contribution is 2.25. The molecule has 0 fully saturated rings. The minimum atomic E-state index is -0.947. The SMILES string of the molecule is O=C(O)c1ccn(-n2ccnc2)c1-c1ccccc1. The molecule has 94 valence electrons. The maximum absolute atomic E-state index is 11.3. The molecule has 0 saturated carbocycles. The van der Waals surface area contributed by atoms with Crippen LogP contribution in [0.4, 0.5) is 0 Å². The van der Waals surface area contributed by atoms with Crippen molar-refractivity contribution in [3.05, 3.63) is 66.9 Å². The van der Waals surface area contributed by atoms with Gasteiger partial charge in [-0.2, -0.15) is 0 Å². The summed E-state index contributed by atoms with van der Waals surface area (Å²) < 4.78 is 3.49. The number of carbonyl (C=O) groups is 1. The van der Waals surface area contributed by atoms with Gasteiger partial charge in [-0.25, -0.2) is 14.5 Å². The minimum Gasteiger partial charge on any atom is -0.478 e. The van der Waals surface area contributed by atoms with Gasteiger partial charge in [-0.3, -0.25) is 4.68 Å². The summed E-state index contributed by atoms with van der Waals surface area (Å²) in [5, 5.41) is 9.30. The van der Waals surface area contributed by atoms with Crippen LogP contribution >= 0.6 is 0 Å². The van der Waals surface area contributed by atoms with Crippen molar-refractivity contribution in [2.45, 2.75) is 0 Å². The Bertz CT molecular complexity index is 700. The molecule has 0 bridgehead atoms. The Kier molecular flexibility index (Phi) is 2.64. The van der Waals surface area contributed by atoms with Crippen LogP contribution < -0.4 is 0 Å². The highest BCUT2D eigenvalue weighted by molar-refractivity contribution is 5.95. The number of benzene rings is 1. The topological polar surface area (TPSA) is 60.0 Å². The zero-order valence-electron chi connectivity index (χ0n) is 9.97. The molecule has 0 saturated heterocycles. The molecule has 2 heterocycles. The molecule has 0 aliphatic rings. The Balaban J connectivity index is 2.25. The van der Waals surface area contributed by atoms with Gasteiger partial charge in [-0.15, -0.1) is 0 Å². The molecule has 0 amide bonds. The molecule has 0 atom stereocenters. The van der Waals surface area contributed by atoms with E-state index in [0.717, 1.165) is 5.56 Å². The van der Waals surface area contributed by atoms with Crippen LogP contribution in [-0.4, -0.2) is 25.4 Å². The summed E-state index contributed by atoms with van der Waals surface area (Å²) in [5.41, 5.74) is 1.74. The number of hydrogen-bond donors (Lipinski definition) is 1. The normalized spacial score (nSPS) is 10.5. The van der Waals surface area contributed by atoms with E-state index >= 15 is 0 Å². The molecule has 1 N–H and O–H groups in total. The second kappa shape index (κ2) is 4.45. The summed E-state index contributed by atoms with van der Waals surface area (Å²) in [7, 11) is 0. The Morgan fingerprint density at radius 3 is 2.53 bits per heavy atom. The fourth-order valence-corrected chi connectivity index (χ4v) is 2.05. The summed E-state index contributed by atoms with van der Waals surface area (Å²) >= 11 is 0. The number of imidazole rings is 1. The van der Waals surface area contributed by atoms with Crippen molar-refractivity contribution in [2.75, 3.05) is 0 Å². The third-order valence-corrected chi connectivity index (χ3v) is 2.88. The lowest BCUT2D eigenvalue weighted by atomic mass is 10.1. The summed E-state index contributed by atoms with van der Waals surface area (Å²) in [6, 6.07) is 11.0. The Labute approximate surface area is 109 Å². The van der Waals surface area contributed by atoms with Crippen LogP contribution in [0.15, 0.2) is 61.3 Å². The van der Waals surface area contributed by atoms with E-state index in [9.17, 15) is 9.90 Å². The first kappa shape index (κ1) is 11.3. The van der Waals surface area contributed by atoms with Gasteiger partial charge in [-0.1, -0.05) is 30.3 Å². The van der Waals surface area contributed by atoms with Crippen LogP contribution in [0, 0.1) is 0 Å². The first-order valence-corrected chi connectivity index (χ1v) is 5.76. The number of aromatic nitrogens is 3. The van der Waals surface area contributed by atoms with Crippen molar-refractivity contribution in [3.63, 3.8) is 0 Å². The fraction of sp³-hybridized carbons (Fsp3) is 0. The summed E-state index contributed by atoms with van der Waals surface area (Å²) in [4.78, 5) is 15.3. The summed E-state index contributed by atoms with van der Waals surface area (Å²) in [6.07, 6.45) is 6.75. The maximum Gasteiger partial charge on any atom is 0.337 e.